The molecule has 1 aromatic carbocycles. The van der Waals surface area contributed by atoms with Crippen molar-refractivity contribution in [3.63, 3.8) is 0 Å². The second-order valence-corrected chi connectivity index (χ2v) is 5.69. The van der Waals surface area contributed by atoms with Crippen LogP contribution in [0.2, 0.25) is 0 Å². The number of nitrogens with two attached hydrogens (primary N) is 1. The second-order valence-electron chi connectivity index (χ2n) is 5.69. The van der Waals surface area contributed by atoms with Crippen molar-refractivity contribution in [2.45, 2.75) is 32.7 Å². The molecule has 1 fully saturated rings. The average Bonchev–Trinajstić information content (AvgIpc) is 2.28. The Labute approximate surface area is 111 Å². The zero-order valence-electron chi connectivity index (χ0n) is 12.0. The molecule has 0 spiro atoms. The molecule has 0 atom stereocenters. The van der Waals surface area contributed by atoms with Crippen LogP contribution in [0, 0.1) is 13.8 Å². The molecular weight excluding hydrogens is 222 g/mol. The van der Waals surface area contributed by atoms with Gasteiger partial charge < -0.3 is 15.5 Å². The summed E-state index contributed by atoms with van der Waals surface area (Å²) in [5.74, 6) is 0. The number of nitrogen functional groups attached to an aromatic ring is 1. The highest BCUT2D eigenvalue weighted by molar-refractivity contribution is 5.64. The van der Waals surface area contributed by atoms with E-state index in [0.717, 1.165) is 24.8 Å². The van der Waals surface area contributed by atoms with Crippen molar-refractivity contribution in [1.82, 2.24) is 4.90 Å². The van der Waals surface area contributed by atoms with Gasteiger partial charge in [0.2, 0.25) is 0 Å². The minimum Gasteiger partial charge on any atom is -0.399 e. The molecule has 1 heterocycles. The number of rotatable bonds is 2. The Morgan fingerprint density at radius 3 is 2.06 bits per heavy atom. The third kappa shape index (κ3) is 2.61. The van der Waals surface area contributed by atoms with Gasteiger partial charge in [0.1, 0.15) is 0 Å². The number of hydrogen-bond donors (Lipinski definition) is 1. The van der Waals surface area contributed by atoms with E-state index in [1.54, 1.807) is 0 Å². The molecule has 0 unspecified atom stereocenters. The molecule has 0 amide bonds. The molecule has 1 saturated heterocycles. The number of aryl methyl sites for hydroxylation is 2. The van der Waals surface area contributed by atoms with Crippen LogP contribution in [-0.4, -0.2) is 38.1 Å². The van der Waals surface area contributed by atoms with Gasteiger partial charge in [-0.3, -0.25) is 0 Å². The topological polar surface area (TPSA) is 32.5 Å². The van der Waals surface area contributed by atoms with Crippen molar-refractivity contribution in [1.29, 1.82) is 0 Å². The Hall–Kier alpha value is -1.22. The van der Waals surface area contributed by atoms with Crippen LogP contribution >= 0.6 is 0 Å². The lowest BCUT2D eigenvalue weighted by molar-refractivity contribution is 0.249. The third-order valence-corrected chi connectivity index (χ3v) is 4.02. The molecule has 0 aliphatic carbocycles. The highest BCUT2D eigenvalue weighted by Gasteiger charge is 2.22. The van der Waals surface area contributed by atoms with Gasteiger partial charge in [0.25, 0.3) is 0 Å². The lowest BCUT2D eigenvalue weighted by atomic mass is 10.00. The summed E-state index contributed by atoms with van der Waals surface area (Å²) < 4.78 is 0. The first-order valence-electron chi connectivity index (χ1n) is 6.77. The van der Waals surface area contributed by atoms with Gasteiger partial charge in [-0.1, -0.05) is 0 Å². The first-order valence-corrected chi connectivity index (χ1v) is 6.77. The molecule has 2 N–H and O–H groups in total. The Morgan fingerprint density at radius 2 is 1.61 bits per heavy atom. The number of benzene rings is 1. The summed E-state index contributed by atoms with van der Waals surface area (Å²) in [6.45, 7) is 6.62. The van der Waals surface area contributed by atoms with E-state index in [9.17, 15) is 0 Å². The molecule has 3 nitrogen and oxygen atoms in total. The summed E-state index contributed by atoms with van der Waals surface area (Å²) in [5, 5.41) is 0. The molecule has 1 aliphatic heterocycles. The van der Waals surface area contributed by atoms with Crippen molar-refractivity contribution in [2.24, 2.45) is 0 Å². The van der Waals surface area contributed by atoms with Crippen LogP contribution in [0.25, 0.3) is 0 Å². The van der Waals surface area contributed by atoms with E-state index in [1.165, 1.54) is 29.7 Å². The molecule has 0 saturated carbocycles. The largest absolute Gasteiger partial charge is 0.399 e. The van der Waals surface area contributed by atoms with Crippen molar-refractivity contribution in [3.05, 3.63) is 23.3 Å². The number of nitrogens with zero attached hydrogens (tertiary/aromatic N) is 2. The van der Waals surface area contributed by atoms with Gasteiger partial charge in [0, 0.05) is 30.5 Å². The predicted octanol–water partition coefficient (Wildman–Crippen LogP) is 2.42. The smallest absolute Gasteiger partial charge is 0.0427 e. The maximum Gasteiger partial charge on any atom is 0.0427 e. The standard InChI is InChI=1S/C15H25N3/c1-11-9-13(16)10-12(2)15(11)18-7-5-14(6-8-18)17(3)4/h9-10,14H,5-8,16H2,1-4H3. The summed E-state index contributed by atoms with van der Waals surface area (Å²) in [7, 11) is 4.36. The van der Waals surface area contributed by atoms with Gasteiger partial charge >= 0.3 is 0 Å². The fourth-order valence-corrected chi connectivity index (χ4v) is 3.09. The quantitative estimate of drug-likeness (QED) is 0.815. The van der Waals surface area contributed by atoms with Gasteiger partial charge in [0.05, 0.1) is 0 Å². The third-order valence-electron chi connectivity index (χ3n) is 4.02. The van der Waals surface area contributed by atoms with Crippen LogP contribution < -0.4 is 10.6 Å². The van der Waals surface area contributed by atoms with Gasteiger partial charge in [-0.2, -0.15) is 0 Å². The summed E-state index contributed by atoms with van der Waals surface area (Å²) in [6, 6.07) is 4.90. The highest BCUT2D eigenvalue weighted by Crippen LogP contribution is 2.30. The molecule has 0 radical (unpaired) electrons. The van der Waals surface area contributed by atoms with Gasteiger partial charge in [-0.15, -0.1) is 0 Å². The SMILES string of the molecule is Cc1cc(N)cc(C)c1N1CCC(N(C)C)CC1. The predicted molar refractivity (Wildman–Crippen MR) is 79.3 cm³/mol. The molecule has 1 aromatic rings. The minimum atomic E-state index is 0.732. The maximum atomic E-state index is 5.89. The zero-order valence-corrected chi connectivity index (χ0v) is 12.0. The number of piperidine rings is 1. The molecule has 3 heteroatoms. The van der Waals surface area contributed by atoms with E-state index in [4.69, 9.17) is 5.73 Å². The summed E-state index contributed by atoms with van der Waals surface area (Å²) in [5.41, 5.74) is 10.8. The van der Waals surface area contributed by atoms with Crippen LogP contribution in [0.3, 0.4) is 0 Å². The number of anilines is 2. The van der Waals surface area contributed by atoms with Crippen molar-refractivity contribution in [3.8, 4) is 0 Å². The summed E-state index contributed by atoms with van der Waals surface area (Å²) in [6.07, 6.45) is 2.49. The lowest BCUT2D eigenvalue weighted by Gasteiger charge is -2.38. The lowest BCUT2D eigenvalue weighted by Crippen LogP contribution is -2.42. The summed E-state index contributed by atoms with van der Waals surface area (Å²) in [4.78, 5) is 4.87. The fourth-order valence-electron chi connectivity index (χ4n) is 3.09. The highest BCUT2D eigenvalue weighted by atomic mass is 15.2. The Bertz CT molecular complexity index is 395. The molecule has 18 heavy (non-hydrogen) atoms. The Morgan fingerprint density at radius 1 is 1.11 bits per heavy atom. The molecule has 0 bridgehead atoms. The van der Waals surface area contributed by atoms with E-state index in [-0.39, 0.29) is 0 Å². The van der Waals surface area contributed by atoms with Crippen molar-refractivity contribution >= 4 is 11.4 Å². The first kappa shape index (κ1) is 13.2. The van der Waals surface area contributed by atoms with E-state index in [1.807, 2.05) is 0 Å². The molecule has 100 valence electrons. The Balaban J connectivity index is 2.15. The van der Waals surface area contributed by atoms with Crippen LogP contribution in [0.5, 0.6) is 0 Å². The van der Waals surface area contributed by atoms with Crippen molar-refractivity contribution < 1.29 is 0 Å². The summed E-state index contributed by atoms with van der Waals surface area (Å²) >= 11 is 0. The van der Waals surface area contributed by atoms with Gasteiger partial charge in [0.15, 0.2) is 0 Å². The molecule has 2 rings (SSSR count). The van der Waals surface area contributed by atoms with Crippen LogP contribution in [-0.2, 0) is 0 Å². The zero-order chi connectivity index (χ0) is 13.3. The first-order chi connectivity index (χ1) is 8.49. The van der Waals surface area contributed by atoms with Gasteiger partial charge in [-0.25, -0.2) is 0 Å². The average molecular weight is 247 g/mol. The minimum absolute atomic E-state index is 0.732. The van der Waals surface area contributed by atoms with Crippen molar-refractivity contribution in [2.75, 3.05) is 37.8 Å². The molecular formula is C15H25N3. The molecule has 1 aliphatic rings. The number of hydrogen-bond acceptors (Lipinski definition) is 3. The second kappa shape index (κ2) is 5.19. The fraction of sp³-hybridized carbons (Fsp3) is 0.600. The van der Waals surface area contributed by atoms with Gasteiger partial charge in [-0.05, 0) is 64.0 Å². The van der Waals surface area contributed by atoms with E-state index in [2.05, 4.69) is 49.9 Å². The van der Waals surface area contributed by atoms with E-state index >= 15 is 0 Å². The Kier molecular flexibility index (Phi) is 3.81. The normalized spacial score (nSPS) is 17.5. The van der Waals surface area contributed by atoms with E-state index in [0.29, 0.717) is 0 Å². The maximum absolute atomic E-state index is 5.89. The van der Waals surface area contributed by atoms with Crippen LogP contribution in [0.4, 0.5) is 11.4 Å². The van der Waals surface area contributed by atoms with E-state index < -0.39 is 0 Å². The van der Waals surface area contributed by atoms with Crippen LogP contribution in [0.1, 0.15) is 24.0 Å². The molecule has 0 aromatic heterocycles. The van der Waals surface area contributed by atoms with Crippen LogP contribution in [0.15, 0.2) is 12.1 Å². The monoisotopic (exact) mass is 247 g/mol.